The lowest BCUT2D eigenvalue weighted by molar-refractivity contribution is 0.520. The number of aromatic nitrogens is 2. The molecular formula is C13H17N3O2S. The van der Waals surface area contributed by atoms with Crippen LogP contribution in [-0.2, 0) is 10.0 Å². The summed E-state index contributed by atoms with van der Waals surface area (Å²) in [4.78, 5) is 0.315. The average Bonchev–Trinajstić information content (AvgIpc) is 2.76. The van der Waals surface area contributed by atoms with Gasteiger partial charge in [0.1, 0.15) is 0 Å². The number of nitrogens with one attached hydrogen (secondary N) is 1. The van der Waals surface area contributed by atoms with Crippen LogP contribution in [0.4, 0.5) is 0 Å². The van der Waals surface area contributed by atoms with E-state index in [9.17, 15) is 8.42 Å². The summed E-state index contributed by atoms with van der Waals surface area (Å²) in [6, 6.07) is 7.23. The van der Waals surface area contributed by atoms with Crippen molar-refractivity contribution in [2.75, 3.05) is 14.1 Å². The molecular weight excluding hydrogens is 262 g/mol. The Morgan fingerprint density at radius 2 is 1.84 bits per heavy atom. The second-order valence-corrected chi connectivity index (χ2v) is 6.82. The van der Waals surface area contributed by atoms with Crippen LogP contribution in [0.5, 0.6) is 0 Å². The van der Waals surface area contributed by atoms with Gasteiger partial charge in [-0.2, -0.15) is 5.10 Å². The van der Waals surface area contributed by atoms with Crippen molar-refractivity contribution in [1.29, 1.82) is 0 Å². The Kier molecular flexibility index (Phi) is 3.47. The Balaban J connectivity index is 2.58. The molecule has 0 aliphatic carbocycles. The van der Waals surface area contributed by atoms with Gasteiger partial charge in [-0.25, -0.2) is 12.7 Å². The Labute approximate surface area is 113 Å². The van der Waals surface area contributed by atoms with Gasteiger partial charge in [0.25, 0.3) is 0 Å². The highest BCUT2D eigenvalue weighted by atomic mass is 32.2. The molecule has 0 atom stereocenters. The molecule has 0 aliphatic rings. The van der Waals surface area contributed by atoms with Gasteiger partial charge in [0.15, 0.2) is 0 Å². The third-order valence-electron chi connectivity index (χ3n) is 2.95. The number of nitrogens with zero attached hydrogens (tertiary/aromatic N) is 2. The molecule has 5 nitrogen and oxygen atoms in total. The Morgan fingerprint density at radius 3 is 2.37 bits per heavy atom. The van der Waals surface area contributed by atoms with Gasteiger partial charge in [0.05, 0.1) is 10.6 Å². The van der Waals surface area contributed by atoms with Crippen LogP contribution in [0.1, 0.15) is 11.3 Å². The summed E-state index contributed by atoms with van der Waals surface area (Å²) >= 11 is 0. The largest absolute Gasteiger partial charge is 0.282 e. The number of rotatable bonds is 3. The highest BCUT2D eigenvalue weighted by Gasteiger charge is 2.20. The van der Waals surface area contributed by atoms with Gasteiger partial charge < -0.3 is 0 Å². The van der Waals surface area contributed by atoms with Crippen LogP contribution in [0.2, 0.25) is 0 Å². The van der Waals surface area contributed by atoms with Crippen LogP contribution in [0, 0.1) is 13.8 Å². The van der Waals surface area contributed by atoms with Crippen LogP contribution in [0.3, 0.4) is 0 Å². The fourth-order valence-electron chi connectivity index (χ4n) is 1.80. The van der Waals surface area contributed by atoms with E-state index in [1.807, 2.05) is 19.1 Å². The molecule has 19 heavy (non-hydrogen) atoms. The number of aromatic amines is 1. The monoisotopic (exact) mass is 279 g/mol. The first kappa shape index (κ1) is 13.8. The average molecular weight is 279 g/mol. The first-order valence-electron chi connectivity index (χ1n) is 5.88. The minimum absolute atomic E-state index is 0.315. The van der Waals surface area contributed by atoms with Crippen molar-refractivity contribution in [3.63, 3.8) is 0 Å². The third kappa shape index (κ3) is 2.54. The van der Waals surface area contributed by atoms with E-state index in [2.05, 4.69) is 10.2 Å². The van der Waals surface area contributed by atoms with E-state index >= 15 is 0 Å². The molecule has 0 spiro atoms. The first-order chi connectivity index (χ1) is 8.82. The molecule has 1 aromatic heterocycles. The Morgan fingerprint density at radius 1 is 1.16 bits per heavy atom. The molecule has 0 saturated carbocycles. The molecule has 102 valence electrons. The van der Waals surface area contributed by atoms with Crippen molar-refractivity contribution in [3.8, 4) is 11.3 Å². The van der Waals surface area contributed by atoms with Crippen molar-refractivity contribution in [3.05, 3.63) is 35.5 Å². The molecule has 0 bridgehead atoms. The number of sulfonamides is 1. The summed E-state index contributed by atoms with van der Waals surface area (Å²) in [5.41, 5.74) is 3.19. The second-order valence-electron chi connectivity index (χ2n) is 4.70. The van der Waals surface area contributed by atoms with Gasteiger partial charge in [0, 0.05) is 25.4 Å². The number of H-pyrrole nitrogens is 1. The van der Waals surface area contributed by atoms with E-state index < -0.39 is 10.0 Å². The van der Waals surface area contributed by atoms with Crippen molar-refractivity contribution in [2.45, 2.75) is 18.7 Å². The highest BCUT2D eigenvalue weighted by Crippen LogP contribution is 2.25. The maximum atomic E-state index is 12.2. The molecule has 6 heteroatoms. The van der Waals surface area contributed by atoms with E-state index in [1.54, 1.807) is 19.1 Å². The van der Waals surface area contributed by atoms with Crippen molar-refractivity contribution in [2.24, 2.45) is 0 Å². The zero-order valence-corrected chi connectivity index (χ0v) is 12.2. The first-order valence-corrected chi connectivity index (χ1v) is 7.32. The van der Waals surface area contributed by atoms with Crippen LogP contribution >= 0.6 is 0 Å². The fourth-order valence-corrected chi connectivity index (χ4v) is 2.94. The summed E-state index contributed by atoms with van der Waals surface area (Å²) in [6.45, 7) is 3.69. The van der Waals surface area contributed by atoms with Crippen LogP contribution in [-0.4, -0.2) is 37.0 Å². The van der Waals surface area contributed by atoms with E-state index in [0.29, 0.717) is 4.90 Å². The number of aryl methyl sites for hydroxylation is 2. The zero-order chi connectivity index (χ0) is 14.2. The van der Waals surface area contributed by atoms with E-state index in [1.165, 1.54) is 18.4 Å². The molecule has 0 amide bonds. The van der Waals surface area contributed by atoms with Crippen molar-refractivity contribution in [1.82, 2.24) is 14.5 Å². The van der Waals surface area contributed by atoms with E-state index in [0.717, 1.165) is 22.5 Å². The lowest BCUT2D eigenvalue weighted by Gasteiger charge is -2.14. The van der Waals surface area contributed by atoms with Crippen LogP contribution < -0.4 is 0 Å². The predicted molar refractivity (Wildman–Crippen MR) is 74.4 cm³/mol. The van der Waals surface area contributed by atoms with Gasteiger partial charge in [0.2, 0.25) is 10.0 Å². The number of hydrogen-bond donors (Lipinski definition) is 1. The third-order valence-corrected chi connectivity index (χ3v) is 4.91. The normalized spacial score (nSPS) is 12.1. The number of hydrogen-bond acceptors (Lipinski definition) is 3. The minimum atomic E-state index is -3.44. The van der Waals surface area contributed by atoms with Crippen LogP contribution in [0.25, 0.3) is 11.3 Å². The maximum absolute atomic E-state index is 12.2. The highest BCUT2D eigenvalue weighted by molar-refractivity contribution is 7.89. The van der Waals surface area contributed by atoms with Crippen molar-refractivity contribution < 1.29 is 8.42 Å². The standard InChI is InChI=1S/C13H17N3O2S/c1-9-5-6-11(12-7-10(2)14-15-12)8-13(9)19(17,18)16(3)4/h5-8H,1-4H3,(H,14,15). The lowest BCUT2D eigenvalue weighted by atomic mass is 10.1. The van der Waals surface area contributed by atoms with Crippen LogP contribution in [0.15, 0.2) is 29.2 Å². The fraction of sp³-hybridized carbons (Fsp3) is 0.308. The lowest BCUT2D eigenvalue weighted by Crippen LogP contribution is -2.23. The second kappa shape index (κ2) is 4.79. The molecule has 0 fully saturated rings. The summed E-state index contributed by atoms with van der Waals surface area (Å²) in [6.07, 6.45) is 0. The molecule has 2 aromatic rings. The Hall–Kier alpha value is -1.66. The molecule has 0 aliphatic heterocycles. The summed E-state index contributed by atoms with van der Waals surface area (Å²) in [7, 11) is -0.380. The summed E-state index contributed by atoms with van der Waals surface area (Å²) in [5.74, 6) is 0. The maximum Gasteiger partial charge on any atom is 0.242 e. The summed E-state index contributed by atoms with van der Waals surface area (Å²) in [5, 5.41) is 7.00. The smallest absolute Gasteiger partial charge is 0.242 e. The van der Waals surface area contributed by atoms with Crippen molar-refractivity contribution >= 4 is 10.0 Å². The SMILES string of the molecule is Cc1cc(-c2ccc(C)c(S(=O)(=O)N(C)C)c2)n[nH]1. The van der Waals surface area contributed by atoms with Gasteiger partial charge in [-0.15, -0.1) is 0 Å². The number of benzene rings is 1. The predicted octanol–water partition coefficient (Wildman–Crippen LogP) is 1.94. The van der Waals surface area contributed by atoms with E-state index in [-0.39, 0.29) is 0 Å². The molecule has 1 N–H and O–H groups in total. The Bertz CT molecular complexity index is 702. The topological polar surface area (TPSA) is 66.1 Å². The van der Waals surface area contributed by atoms with E-state index in [4.69, 9.17) is 0 Å². The zero-order valence-electron chi connectivity index (χ0n) is 11.4. The molecule has 0 radical (unpaired) electrons. The van der Waals surface area contributed by atoms with Gasteiger partial charge >= 0.3 is 0 Å². The molecule has 2 rings (SSSR count). The van der Waals surface area contributed by atoms with Gasteiger partial charge in [-0.1, -0.05) is 12.1 Å². The van der Waals surface area contributed by atoms with Gasteiger partial charge in [-0.05, 0) is 31.5 Å². The molecule has 1 aromatic carbocycles. The molecule has 0 unspecified atom stereocenters. The summed E-state index contributed by atoms with van der Waals surface area (Å²) < 4.78 is 25.7. The molecule has 0 saturated heterocycles. The molecule has 1 heterocycles. The minimum Gasteiger partial charge on any atom is -0.282 e. The quantitative estimate of drug-likeness (QED) is 0.933. The van der Waals surface area contributed by atoms with Gasteiger partial charge in [-0.3, -0.25) is 5.10 Å².